The first-order valence-corrected chi connectivity index (χ1v) is 8.89. The van der Waals surface area contributed by atoms with Gasteiger partial charge >= 0.3 is 0 Å². The van der Waals surface area contributed by atoms with Gasteiger partial charge < -0.3 is 4.74 Å². The lowest BCUT2D eigenvalue weighted by Gasteiger charge is -2.62. The number of carbonyl (C=O) groups is 1. The van der Waals surface area contributed by atoms with E-state index in [-0.39, 0.29) is 11.4 Å². The normalized spacial score (nSPS) is 45.9. The number of ketones is 1. The zero-order chi connectivity index (χ0) is 15.8. The maximum Gasteiger partial charge on any atom is 0.163 e. The zero-order valence-corrected chi connectivity index (χ0v) is 14.4. The molecule has 2 saturated carbocycles. The lowest BCUT2D eigenvalue weighted by molar-refractivity contribution is -0.162. The van der Waals surface area contributed by atoms with Crippen LogP contribution in [0.3, 0.4) is 0 Å². The highest BCUT2D eigenvalue weighted by atomic mass is 16.5. The molecule has 0 bridgehead atoms. The molecule has 4 atom stereocenters. The molecule has 0 saturated heterocycles. The van der Waals surface area contributed by atoms with E-state index in [0.717, 1.165) is 23.7 Å². The molecule has 0 spiro atoms. The van der Waals surface area contributed by atoms with Crippen molar-refractivity contribution in [3.05, 3.63) is 23.5 Å². The molecule has 0 aromatic carbocycles. The molecule has 0 unspecified atom stereocenters. The molecule has 0 radical (unpaired) electrons. The van der Waals surface area contributed by atoms with Gasteiger partial charge in [-0.1, -0.05) is 33.3 Å². The third-order valence-electron chi connectivity index (χ3n) is 7.26. The van der Waals surface area contributed by atoms with E-state index in [1.165, 1.54) is 25.7 Å². The summed E-state index contributed by atoms with van der Waals surface area (Å²) in [7, 11) is 0. The Labute approximate surface area is 134 Å². The Morgan fingerprint density at radius 1 is 1.14 bits per heavy atom. The smallest absolute Gasteiger partial charge is 0.163 e. The van der Waals surface area contributed by atoms with Crippen LogP contribution in [-0.4, -0.2) is 11.4 Å². The third-order valence-corrected chi connectivity index (χ3v) is 7.26. The van der Waals surface area contributed by atoms with E-state index in [9.17, 15) is 4.79 Å². The summed E-state index contributed by atoms with van der Waals surface area (Å²) in [6.07, 6.45) is 11.0. The van der Waals surface area contributed by atoms with Gasteiger partial charge in [0.15, 0.2) is 5.78 Å². The maximum absolute atomic E-state index is 11.8. The zero-order valence-electron chi connectivity index (χ0n) is 14.4. The molecule has 0 aromatic heterocycles. The Hall–Kier alpha value is -1.05. The average Bonchev–Trinajstić information content (AvgIpc) is 2.74. The van der Waals surface area contributed by atoms with Crippen molar-refractivity contribution in [3.63, 3.8) is 0 Å². The number of hydrogen-bond acceptors (Lipinski definition) is 2. The van der Waals surface area contributed by atoms with Gasteiger partial charge in [0.2, 0.25) is 0 Å². The fraction of sp³-hybridized carbons (Fsp3) is 0.750. The van der Waals surface area contributed by atoms with E-state index < -0.39 is 0 Å². The fourth-order valence-electron chi connectivity index (χ4n) is 6.28. The van der Waals surface area contributed by atoms with Crippen molar-refractivity contribution in [2.45, 2.75) is 71.8 Å². The highest BCUT2D eigenvalue weighted by molar-refractivity contribution is 5.97. The second-order valence-electron chi connectivity index (χ2n) is 9.18. The summed E-state index contributed by atoms with van der Waals surface area (Å²) in [4.78, 5) is 11.8. The van der Waals surface area contributed by atoms with Gasteiger partial charge in [0.1, 0.15) is 11.4 Å². The number of rotatable bonds is 0. The number of fused-ring (bicyclic) bond motifs is 4. The van der Waals surface area contributed by atoms with Crippen molar-refractivity contribution in [3.8, 4) is 0 Å². The number of allylic oxidation sites excluding steroid dienone is 2. The molecular formula is C20H28O2. The standard InChI is InChI=1S/C20H28O2/c1-18(2)7-5-8-19(3)16(18)6-9-20(4)17(19)11-13-10-14(21)12-15(13)22-20/h11-12,16-17H,5-10H2,1-4H3/t16-,17+,19-,20-/m0/s1. The van der Waals surface area contributed by atoms with Gasteiger partial charge in [-0.25, -0.2) is 0 Å². The first-order chi connectivity index (χ1) is 10.2. The van der Waals surface area contributed by atoms with Gasteiger partial charge in [0, 0.05) is 18.4 Å². The van der Waals surface area contributed by atoms with Crippen molar-refractivity contribution in [1.82, 2.24) is 0 Å². The molecule has 3 aliphatic carbocycles. The number of carbonyl (C=O) groups excluding carboxylic acids is 1. The predicted molar refractivity (Wildman–Crippen MR) is 87.2 cm³/mol. The van der Waals surface area contributed by atoms with Gasteiger partial charge in [-0.3, -0.25) is 4.79 Å². The van der Waals surface area contributed by atoms with Crippen LogP contribution < -0.4 is 0 Å². The molecule has 0 aromatic rings. The maximum atomic E-state index is 11.8. The van der Waals surface area contributed by atoms with E-state index >= 15 is 0 Å². The molecule has 4 aliphatic rings. The van der Waals surface area contributed by atoms with Crippen molar-refractivity contribution in [1.29, 1.82) is 0 Å². The summed E-state index contributed by atoms with van der Waals surface area (Å²) < 4.78 is 6.43. The second kappa shape index (κ2) is 4.27. The molecule has 22 heavy (non-hydrogen) atoms. The Balaban J connectivity index is 1.80. The predicted octanol–water partition coefficient (Wildman–Crippen LogP) is 4.80. The number of hydrogen-bond donors (Lipinski definition) is 0. The molecule has 2 heteroatoms. The van der Waals surface area contributed by atoms with Crippen LogP contribution in [0.5, 0.6) is 0 Å². The Kier molecular flexibility index (Phi) is 2.82. The summed E-state index contributed by atoms with van der Waals surface area (Å²) in [6, 6.07) is 0. The van der Waals surface area contributed by atoms with Crippen LogP contribution in [-0.2, 0) is 9.53 Å². The molecule has 2 nitrogen and oxygen atoms in total. The molecular weight excluding hydrogens is 272 g/mol. The van der Waals surface area contributed by atoms with Gasteiger partial charge in [0.05, 0.1) is 0 Å². The average molecular weight is 300 g/mol. The molecule has 4 rings (SSSR count). The molecule has 1 heterocycles. The first-order valence-electron chi connectivity index (χ1n) is 8.89. The fourth-order valence-corrected chi connectivity index (χ4v) is 6.28. The van der Waals surface area contributed by atoms with E-state index in [1.807, 2.05) is 0 Å². The van der Waals surface area contributed by atoms with Crippen LogP contribution >= 0.6 is 0 Å². The summed E-state index contributed by atoms with van der Waals surface area (Å²) in [5.41, 5.74) is 1.75. The highest BCUT2D eigenvalue weighted by Gasteiger charge is 2.60. The quantitative estimate of drug-likeness (QED) is 0.642. The van der Waals surface area contributed by atoms with Crippen LogP contribution in [0.1, 0.15) is 66.2 Å². The van der Waals surface area contributed by atoms with Gasteiger partial charge in [-0.05, 0) is 54.9 Å². The highest BCUT2D eigenvalue weighted by Crippen LogP contribution is 2.64. The second-order valence-corrected chi connectivity index (χ2v) is 9.18. The van der Waals surface area contributed by atoms with Crippen LogP contribution in [0.25, 0.3) is 0 Å². The van der Waals surface area contributed by atoms with Crippen molar-refractivity contribution in [2.24, 2.45) is 22.7 Å². The Bertz CT molecular complexity index is 597. The first kappa shape index (κ1) is 14.5. The third kappa shape index (κ3) is 1.82. The monoisotopic (exact) mass is 300 g/mol. The topological polar surface area (TPSA) is 26.3 Å². The molecule has 1 aliphatic heterocycles. The summed E-state index contributed by atoms with van der Waals surface area (Å²) >= 11 is 0. The van der Waals surface area contributed by atoms with E-state index in [1.54, 1.807) is 6.08 Å². The van der Waals surface area contributed by atoms with E-state index in [0.29, 0.717) is 23.2 Å². The van der Waals surface area contributed by atoms with E-state index in [2.05, 4.69) is 33.8 Å². The summed E-state index contributed by atoms with van der Waals surface area (Å²) in [5, 5.41) is 0. The van der Waals surface area contributed by atoms with Crippen molar-refractivity contribution >= 4 is 5.78 Å². The minimum Gasteiger partial charge on any atom is -0.487 e. The Morgan fingerprint density at radius 2 is 1.91 bits per heavy atom. The lowest BCUT2D eigenvalue weighted by atomic mass is 9.45. The van der Waals surface area contributed by atoms with Crippen LogP contribution in [0.15, 0.2) is 23.5 Å². The SMILES string of the molecule is CC1(C)CCC[C@]2(C)[C@H]3C=C4CC(=O)C=C4O[C@@]3(C)CC[C@@H]12. The largest absolute Gasteiger partial charge is 0.487 e. The van der Waals surface area contributed by atoms with Gasteiger partial charge in [0.25, 0.3) is 0 Å². The van der Waals surface area contributed by atoms with Crippen LogP contribution in [0.4, 0.5) is 0 Å². The summed E-state index contributed by atoms with van der Waals surface area (Å²) in [5.74, 6) is 2.27. The minimum atomic E-state index is -0.126. The minimum absolute atomic E-state index is 0.126. The van der Waals surface area contributed by atoms with E-state index in [4.69, 9.17) is 4.74 Å². The van der Waals surface area contributed by atoms with Crippen molar-refractivity contribution in [2.75, 3.05) is 0 Å². The molecule has 2 fully saturated rings. The lowest BCUT2D eigenvalue weighted by Crippen LogP contribution is -2.58. The van der Waals surface area contributed by atoms with Gasteiger partial charge in [-0.15, -0.1) is 0 Å². The molecule has 0 amide bonds. The van der Waals surface area contributed by atoms with Gasteiger partial charge in [-0.2, -0.15) is 0 Å². The summed E-state index contributed by atoms with van der Waals surface area (Å²) in [6.45, 7) is 9.68. The van der Waals surface area contributed by atoms with Crippen LogP contribution in [0.2, 0.25) is 0 Å². The van der Waals surface area contributed by atoms with Crippen LogP contribution in [0, 0.1) is 22.7 Å². The van der Waals surface area contributed by atoms with Crippen molar-refractivity contribution < 1.29 is 9.53 Å². The molecule has 0 N–H and O–H groups in total. The Morgan fingerprint density at radius 3 is 2.68 bits per heavy atom. The molecule has 120 valence electrons. The number of ether oxygens (including phenoxy) is 1.